The average molecular weight is 579 g/mol. The number of anilines is 1. The molecule has 6 nitrogen and oxygen atoms in total. The number of carbonyl (C=O) groups excluding carboxylic acids is 4. The van der Waals surface area contributed by atoms with E-state index >= 15 is 0 Å². The Kier molecular flexibility index (Phi) is 5.62. The second-order valence-electron chi connectivity index (χ2n) is 9.93. The van der Waals surface area contributed by atoms with Gasteiger partial charge in [-0.3, -0.25) is 24.1 Å². The molecule has 4 unspecified atom stereocenters. The first kappa shape index (κ1) is 24.1. The van der Waals surface area contributed by atoms with Crippen molar-refractivity contribution in [3.05, 3.63) is 92.0 Å². The average Bonchev–Trinajstić information content (AvgIpc) is 3.13. The van der Waals surface area contributed by atoms with E-state index in [0.717, 1.165) is 11.1 Å². The molecule has 2 aromatic rings. The zero-order valence-electron chi connectivity index (χ0n) is 19.7. The molecule has 0 aromatic heterocycles. The minimum atomic E-state index is -0.648. The van der Waals surface area contributed by atoms with Crippen LogP contribution in [0.3, 0.4) is 0 Å². The normalized spacial score (nSPS) is 27.1. The van der Waals surface area contributed by atoms with Crippen molar-refractivity contribution in [3.8, 4) is 5.75 Å². The standard InChI is InChI=1S/C29H21BrClNO5/c1-13-10-14(2-9-22(13)33)24-17-7-8-18-25(19(17)11-20-26(24)23(34)12-21(30)27(20)35)29(37)32(28(18)36)16-5-3-15(31)4-6-16/h2-7,9-10,12,18-19,24-25,33H,8,11H2,1H3. The van der Waals surface area contributed by atoms with Crippen molar-refractivity contribution < 1.29 is 24.3 Å². The first-order chi connectivity index (χ1) is 17.7. The van der Waals surface area contributed by atoms with Crippen molar-refractivity contribution >= 4 is 56.6 Å². The number of hydrogen-bond acceptors (Lipinski definition) is 5. The molecule has 3 aliphatic carbocycles. The zero-order valence-corrected chi connectivity index (χ0v) is 22.0. The molecule has 0 spiro atoms. The highest BCUT2D eigenvalue weighted by Crippen LogP contribution is 2.55. The lowest BCUT2D eigenvalue weighted by atomic mass is 9.59. The summed E-state index contributed by atoms with van der Waals surface area (Å²) in [6.45, 7) is 1.77. The summed E-state index contributed by atoms with van der Waals surface area (Å²) in [6.07, 6.45) is 3.85. The fourth-order valence-electron chi connectivity index (χ4n) is 6.29. The molecule has 37 heavy (non-hydrogen) atoms. The van der Waals surface area contributed by atoms with Gasteiger partial charge in [0.2, 0.25) is 11.8 Å². The number of hydrogen-bond donors (Lipinski definition) is 1. The fourth-order valence-corrected chi connectivity index (χ4v) is 6.86. The van der Waals surface area contributed by atoms with Gasteiger partial charge in [0.15, 0.2) is 11.6 Å². The number of carbonyl (C=O) groups is 4. The molecule has 1 aliphatic heterocycles. The maximum atomic E-state index is 13.8. The molecule has 1 N–H and O–H groups in total. The molecule has 4 atom stereocenters. The van der Waals surface area contributed by atoms with Gasteiger partial charge in [-0.15, -0.1) is 0 Å². The Hall–Kier alpha value is -3.29. The van der Waals surface area contributed by atoms with Crippen LogP contribution in [0.15, 0.2) is 75.8 Å². The first-order valence-corrected chi connectivity index (χ1v) is 13.2. The van der Waals surface area contributed by atoms with Gasteiger partial charge in [-0.05, 0) is 83.1 Å². The van der Waals surface area contributed by atoms with E-state index in [-0.39, 0.29) is 40.0 Å². The highest BCUT2D eigenvalue weighted by molar-refractivity contribution is 9.12. The van der Waals surface area contributed by atoms with E-state index in [1.807, 2.05) is 12.1 Å². The smallest absolute Gasteiger partial charge is 0.238 e. The number of aromatic hydroxyl groups is 1. The third-order valence-electron chi connectivity index (χ3n) is 7.97. The van der Waals surface area contributed by atoms with Crippen LogP contribution in [0.5, 0.6) is 5.75 Å². The summed E-state index contributed by atoms with van der Waals surface area (Å²) in [5.41, 5.74) is 3.52. The minimum Gasteiger partial charge on any atom is -0.508 e. The number of phenols is 1. The quantitative estimate of drug-likeness (QED) is 0.296. The molecule has 0 saturated carbocycles. The van der Waals surface area contributed by atoms with Crippen molar-refractivity contribution in [2.45, 2.75) is 25.7 Å². The van der Waals surface area contributed by atoms with Crippen molar-refractivity contribution in [1.82, 2.24) is 0 Å². The lowest BCUT2D eigenvalue weighted by Crippen LogP contribution is -2.39. The van der Waals surface area contributed by atoms with Gasteiger partial charge in [0.05, 0.1) is 22.0 Å². The van der Waals surface area contributed by atoms with Crippen molar-refractivity contribution in [3.63, 3.8) is 0 Å². The first-order valence-electron chi connectivity index (χ1n) is 12.0. The van der Waals surface area contributed by atoms with Crippen LogP contribution in [0.25, 0.3) is 0 Å². The molecule has 1 saturated heterocycles. The molecular formula is C29H21BrClNO5. The Balaban J connectivity index is 1.49. The number of amides is 2. The highest BCUT2D eigenvalue weighted by atomic mass is 79.9. The van der Waals surface area contributed by atoms with Crippen LogP contribution in [-0.4, -0.2) is 28.5 Å². The number of rotatable bonds is 2. The van der Waals surface area contributed by atoms with Crippen LogP contribution >= 0.6 is 27.5 Å². The predicted octanol–water partition coefficient (Wildman–Crippen LogP) is 5.32. The Bertz CT molecular complexity index is 1520. The van der Waals surface area contributed by atoms with Gasteiger partial charge in [0.1, 0.15) is 5.75 Å². The van der Waals surface area contributed by atoms with Crippen LogP contribution < -0.4 is 4.90 Å². The van der Waals surface area contributed by atoms with Gasteiger partial charge in [-0.1, -0.05) is 35.4 Å². The van der Waals surface area contributed by atoms with Gasteiger partial charge in [0, 0.05) is 28.2 Å². The maximum Gasteiger partial charge on any atom is 0.238 e. The number of benzene rings is 2. The summed E-state index contributed by atoms with van der Waals surface area (Å²) < 4.78 is 0.188. The lowest BCUT2D eigenvalue weighted by Gasteiger charge is -2.42. The molecule has 0 bridgehead atoms. The second kappa shape index (κ2) is 8.64. The van der Waals surface area contributed by atoms with Crippen molar-refractivity contribution in [2.75, 3.05) is 4.90 Å². The van der Waals surface area contributed by atoms with Crippen molar-refractivity contribution in [2.24, 2.45) is 17.8 Å². The Morgan fingerprint density at radius 2 is 1.73 bits per heavy atom. The molecule has 8 heteroatoms. The van der Waals surface area contributed by atoms with Crippen LogP contribution in [0.1, 0.15) is 29.9 Å². The van der Waals surface area contributed by atoms with Gasteiger partial charge >= 0.3 is 0 Å². The van der Waals surface area contributed by atoms with Crippen molar-refractivity contribution in [1.29, 1.82) is 0 Å². The number of Topliss-reactive ketones (excluding diaryl/α,β-unsaturated/α-hetero) is 1. The molecule has 186 valence electrons. The number of allylic oxidation sites excluding steroid dienone is 6. The van der Waals surface area contributed by atoms with Gasteiger partial charge in [-0.2, -0.15) is 0 Å². The number of aryl methyl sites for hydroxylation is 1. The monoisotopic (exact) mass is 577 g/mol. The Morgan fingerprint density at radius 1 is 1.00 bits per heavy atom. The molecule has 1 heterocycles. The number of nitrogens with zero attached hydrogens (tertiary/aromatic N) is 1. The van der Waals surface area contributed by atoms with E-state index in [0.29, 0.717) is 33.8 Å². The van der Waals surface area contributed by atoms with Gasteiger partial charge in [-0.25, -0.2) is 0 Å². The number of fused-ring (bicyclic) bond motifs is 3. The Labute approximate surface area is 226 Å². The van der Waals surface area contributed by atoms with Crippen LogP contribution in [-0.2, 0) is 19.2 Å². The van der Waals surface area contributed by atoms with E-state index in [2.05, 4.69) is 15.9 Å². The summed E-state index contributed by atoms with van der Waals surface area (Å²) in [4.78, 5) is 55.1. The molecule has 1 fully saturated rings. The summed E-state index contributed by atoms with van der Waals surface area (Å²) >= 11 is 9.25. The SMILES string of the molecule is Cc1cc(C2C3=CCC4C(=O)N(c5ccc(Cl)cc5)C(=O)C4C3CC3=C2C(=O)C=C(Br)C3=O)ccc1O. The molecule has 0 radical (unpaired) electrons. The summed E-state index contributed by atoms with van der Waals surface area (Å²) in [5, 5.41) is 10.6. The van der Waals surface area contributed by atoms with Crippen LogP contribution in [0, 0.1) is 24.7 Å². The van der Waals surface area contributed by atoms with Crippen LogP contribution in [0.2, 0.25) is 5.02 Å². The van der Waals surface area contributed by atoms with E-state index < -0.39 is 23.7 Å². The molecule has 2 aromatic carbocycles. The van der Waals surface area contributed by atoms with E-state index in [9.17, 15) is 24.3 Å². The second-order valence-corrected chi connectivity index (χ2v) is 11.2. The lowest BCUT2D eigenvalue weighted by molar-refractivity contribution is -0.123. The van der Waals surface area contributed by atoms with Gasteiger partial charge < -0.3 is 5.11 Å². The number of phenolic OH excluding ortho intramolecular Hbond substituents is 1. The topological polar surface area (TPSA) is 91.8 Å². The Morgan fingerprint density at radius 3 is 2.43 bits per heavy atom. The maximum absolute atomic E-state index is 13.8. The molecule has 4 aliphatic rings. The summed E-state index contributed by atoms with van der Waals surface area (Å²) in [7, 11) is 0. The molecule has 6 rings (SSSR count). The number of imide groups is 1. The zero-order chi connectivity index (χ0) is 26.2. The van der Waals surface area contributed by atoms with E-state index in [1.165, 1.54) is 11.0 Å². The summed E-state index contributed by atoms with van der Waals surface area (Å²) in [6, 6.07) is 11.7. The number of halogens is 2. The van der Waals surface area contributed by atoms with Crippen LogP contribution in [0.4, 0.5) is 5.69 Å². The van der Waals surface area contributed by atoms with E-state index in [1.54, 1.807) is 43.3 Å². The van der Waals surface area contributed by atoms with E-state index in [4.69, 9.17) is 11.6 Å². The molecule has 2 amide bonds. The predicted molar refractivity (Wildman–Crippen MR) is 141 cm³/mol. The third-order valence-corrected chi connectivity index (χ3v) is 8.81. The fraction of sp³-hybridized carbons (Fsp3) is 0.241. The molecular weight excluding hydrogens is 558 g/mol. The number of ketones is 2. The third kappa shape index (κ3) is 3.59. The largest absolute Gasteiger partial charge is 0.508 e. The minimum absolute atomic E-state index is 0.131. The summed E-state index contributed by atoms with van der Waals surface area (Å²) in [5.74, 6) is -3.13. The van der Waals surface area contributed by atoms with Gasteiger partial charge in [0.25, 0.3) is 0 Å². The highest BCUT2D eigenvalue weighted by Gasteiger charge is 2.56.